The second kappa shape index (κ2) is 50.7. The van der Waals surface area contributed by atoms with E-state index in [1.807, 2.05) is 0 Å². The van der Waals surface area contributed by atoms with Gasteiger partial charge in [0.25, 0.3) is 0 Å². The Labute approximate surface area is 372 Å². The number of aliphatic hydroxyl groups is 1. The Morgan fingerprint density at radius 3 is 1.03 bits per heavy atom. The molecule has 0 aliphatic carbocycles. The van der Waals surface area contributed by atoms with Crippen molar-refractivity contribution in [3.63, 3.8) is 0 Å². The molecule has 0 rings (SSSR count). The molecular formula is C55H96O5. The van der Waals surface area contributed by atoms with Crippen LogP contribution in [-0.4, -0.2) is 36.4 Å². The summed E-state index contributed by atoms with van der Waals surface area (Å²) >= 11 is 0. The van der Waals surface area contributed by atoms with E-state index in [1.165, 1.54) is 148 Å². The molecule has 346 valence electrons. The molecule has 5 nitrogen and oxygen atoms in total. The van der Waals surface area contributed by atoms with Crippen LogP contribution in [0.1, 0.15) is 245 Å². The minimum absolute atomic E-state index is 0.0755. The van der Waals surface area contributed by atoms with E-state index < -0.39 is 6.10 Å². The minimum atomic E-state index is -0.782. The third-order valence-corrected chi connectivity index (χ3v) is 11.0. The van der Waals surface area contributed by atoms with Gasteiger partial charge in [0.2, 0.25) is 0 Å². The number of carbonyl (C=O) groups excluding carboxylic acids is 2. The predicted octanol–water partition coefficient (Wildman–Crippen LogP) is 16.9. The number of hydrogen-bond donors (Lipinski definition) is 1. The smallest absolute Gasteiger partial charge is 0.306 e. The van der Waals surface area contributed by atoms with Gasteiger partial charge in [-0.3, -0.25) is 9.59 Å². The summed E-state index contributed by atoms with van der Waals surface area (Å²) in [6, 6.07) is 0. The lowest BCUT2D eigenvalue weighted by molar-refractivity contribution is -0.161. The number of unbranched alkanes of at least 4 members (excludes halogenated alkanes) is 26. The zero-order valence-electron chi connectivity index (χ0n) is 39.5. The first-order valence-corrected chi connectivity index (χ1v) is 25.5. The number of allylic oxidation sites excluding steroid dienone is 12. The molecule has 60 heavy (non-hydrogen) atoms. The lowest BCUT2D eigenvalue weighted by atomic mass is 10.0. The van der Waals surface area contributed by atoms with Gasteiger partial charge in [0, 0.05) is 12.8 Å². The van der Waals surface area contributed by atoms with Gasteiger partial charge in [0.1, 0.15) is 6.61 Å². The van der Waals surface area contributed by atoms with Gasteiger partial charge in [-0.05, 0) is 89.9 Å². The highest BCUT2D eigenvalue weighted by atomic mass is 16.6. The third-order valence-electron chi connectivity index (χ3n) is 11.0. The van der Waals surface area contributed by atoms with Crippen molar-refractivity contribution in [2.75, 3.05) is 13.2 Å². The third kappa shape index (κ3) is 48.0. The number of ether oxygens (including phenoxy) is 2. The molecular weight excluding hydrogens is 741 g/mol. The van der Waals surface area contributed by atoms with Gasteiger partial charge in [-0.2, -0.15) is 0 Å². The van der Waals surface area contributed by atoms with Crippen molar-refractivity contribution < 1.29 is 24.2 Å². The first-order valence-electron chi connectivity index (χ1n) is 25.5. The highest BCUT2D eigenvalue weighted by molar-refractivity contribution is 5.70. The molecule has 0 radical (unpaired) electrons. The summed E-state index contributed by atoms with van der Waals surface area (Å²) in [7, 11) is 0. The molecule has 0 aliphatic heterocycles. The maximum absolute atomic E-state index is 12.3. The largest absolute Gasteiger partial charge is 0.462 e. The van der Waals surface area contributed by atoms with Crippen LogP contribution in [0.25, 0.3) is 0 Å². The van der Waals surface area contributed by atoms with Crippen molar-refractivity contribution in [2.24, 2.45) is 0 Å². The van der Waals surface area contributed by atoms with E-state index in [9.17, 15) is 14.7 Å². The van der Waals surface area contributed by atoms with Gasteiger partial charge in [0.05, 0.1) is 6.61 Å². The quantitative estimate of drug-likeness (QED) is 0.0376. The first-order chi connectivity index (χ1) is 29.6. The Kier molecular flexibility index (Phi) is 48.4. The number of hydrogen-bond acceptors (Lipinski definition) is 5. The number of esters is 2. The maximum atomic E-state index is 12.3. The molecule has 0 aromatic rings. The second-order valence-corrected chi connectivity index (χ2v) is 16.9. The lowest BCUT2D eigenvalue weighted by Gasteiger charge is -2.15. The fourth-order valence-electron chi connectivity index (χ4n) is 7.10. The Bertz CT molecular complexity index is 1080. The van der Waals surface area contributed by atoms with Gasteiger partial charge >= 0.3 is 11.9 Å². The number of aliphatic hydroxyl groups excluding tert-OH is 1. The summed E-state index contributed by atoms with van der Waals surface area (Å²) in [6.45, 7) is 4.10. The summed E-state index contributed by atoms with van der Waals surface area (Å²) in [6.07, 6.45) is 68.4. The van der Waals surface area contributed by atoms with Crippen LogP contribution >= 0.6 is 0 Å². The van der Waals surface area contributed by atoms with Crippen molar-refractivity contribution in [1.29, 1.82) is 0 Å². The van der Waals surface area contributed by atoms with Gasteiger partial charge in [0.15, 0.2) is 6.10 Å². The molecule has 5 heteroatoms. The van der Waals surface area contributed by atoms with Crippen molar-refractivity contribution >= 4 is 11.9 Å². The van der Waals surface area contributed by atoms with E-state index in [-0.39, 0.29) is 25.2 Å². The highest BCUT2D eigenvalue weighted by Gasteiger charge is 2.16. The second-order valence-electron chi connectivity index (χ2n) is 16.9. The van der Waals surface area contributed by atoms with Crippen LogP contribution < -0.4 is 0 Å². The number of carbonyl (C=O) groups is 2. The minimum Gasteiger partial charge on any atom is -0.462 e. The Morgan fingerprint density at radius 1 is 0.383 bits per heavy atom. The molecule has 0 fully saturated rings. The zero-order chi connectivity index (χ0) is 43.5. The van der Waals surface area contributed by atoms with Gasteiger partial charge in [-0.15, -0.1) is 0 Å². The van der Waals surface area contributed by atoms with Crippen LogP contribution in [-0.2, 0) is 19.1 Å². The summed E-state index contributed by atoms with van der Waals surface area (Å²) < 4.78 is 10.7. The first kappa shape index (κ1) is 57.3. The molecule has 0 saturated carbocycles. The molecule has 0 aromatic carbocycles. The molecule has 1 atom stereocenters. The van der Waals surface area contributed by atoms with Crippen LogP contribution in [0, 0.1) is 0 Å². The van der Waals surface area contributed by atoms with Gasteiger partial charge in [-0.25, -0.2) is 0 Å². The van der Waals surface area contributed by atoms with Crippen LogP contribution in [0.2, 0.25) is 0 Å². The van der Waals surface area contributed by atoms with E-state index in [1.54, 1.807) is 0 Å². The van der Waals surface area contributed by atoms with Crippen LogP contribution in [0.3, 0.4) is 0 Å². The van der Waals surface area contributed by atoms with Crippen molar-refractivity contribution in [1.82, 2.24) is 0 Å². The summed E-state index contributed by atoms with van der Waals surface area (Å²) in [5, 5.41) is 9.62. The normalized spacial score (nSPS) is 12.8. The Hall–Kier alpha value is -2.66. The van der Waals surface area contributed by atoms with E-state index in [4.69, 9.17) is 9.47 Å². The van der Waals surface area contributed by atoms with E-state index >= 15 is 0 Å². The monoisotopic (exact) mass is 837 g/mol. The maximum Gasteiger partial charge on any atom is 0.306 e. The van der Waals surface area contributed by atoms with Crippen LogP contribution in [0.15, 0.2) is 72.9 Å². The topological polar surface area (TPSA) is 72.8 Å². The molecule has 0 amide bonds. The predicted molar refractivity (Wildman–Crippen MR) is 260 cm³/mol. The van der Waals surface area contributed by atoms with E-state index in [2.05, 4.69) is 86.8 Å². The lowest BCUT2D eigenvalue weighted by Crippen LogP contribution is -2.28. The standard InChI is InChI=1S/C55H96O5/c1-3-5-7-9-11-13-15-17-19-21-23-24-25-26-27-28-29-30-32-34-36-38-40-42-44-46-48-50-55(58)60-53(51-56)52-59-54(57)49-47-45-43-41-39-37-35-33-31-22-20-18-16-14-12-10-8-6-4-2/h12,14-15,17-18,20-21,23,25-26,31,33,53,56H,3-11,13,16,19,22,24,27-30,32,34-52H2,1-2H3/b14-12-,17-15-,20-18-,23-21-,26-25-,33-31-. The van der Waals surface area contributed by atoms with Gasteiger partial charge < -0.3 is 14.6 Å². The van der Waals surface area contributed by atoms with E-state index in [0.717, 1.165) is 70.6 Å². The average molecular weight is 837 g/mol. The van der Waals surface area contributed by atoms with Crippen molar-refractivity contribution in [2.45, 2.75) is 251 Å². The van der Waals surface area contributed by atoms with Gasteiger partial charge in [-0.1, -0.05) is 215 Å². The average Bonchev–Trinajstić information content (AvgIpc) is 3.25. The Morgan fingerprint density at radius 2 is 0.667 bits per heavy atom. The zero-order valence-corrected chi connectivity index (χ0v) is 39.5. The molecule has 0 aliphatic rings. The molecule has 0 aromatic heterocycles. The summed E-state index contributed by atoms with van der Waals surface area (Å²) in [4.78, 5) is 24.4. The molecule has 1 unspecified atom stereocenters. The summed E-state index contributed by atoms with van der Waals surface area (Å²) in [5.74, 6) is -0.605. The summed E-state index contributed by atoms with van der Waals surface area (Å²) in [5.41, 5.74) is 0. The van der Waals surface area contributed by atoms with E-state index in [0.29, 0.717) is 12.8 Å². The fourth-order valence-corrected chi connectivity index (χ4v) is 7.10. The SMILES string of the molecule is CCCCC/C=C\C/C=C\C/C=C\CCCCCCCCC(=O)OCC(CO)OC(=O)CCCCCCCCCCCCCC/C=C\C/C=C\C/C=C\CCCCCCC. The molecule has 1 N–H and O–H groups in total. The van der Waals surface area contributed by atoms with Crippen LogP contribution in [0.4, 0.5) is 0 Å². The molecule has 0 heterocycles. The fraction of sp³-hybridized carbons (Fsp3) is 0.745. The van der Waals surface area contributed by atoms with Crippen molar-refractivity contribution in [3.05, 3.63) is 72.9 Å². The molecule has 0 bridgehead atoms. The number of rotatable bonds is 46. The molecule has 0 spiro atoms. The van der Waals surface area contributed by atoms with Crippen molar-refractivity contribution in [3.8, 4) is 0 Å². The Balaban J connectivity index is 3.54. The highest BCUT2D eigenvalue weighted by Crippen LogP contribution is 2.15. The molecule has 0 saturated heterocycles. The van der Waals surface area contributed by atoms with Crippen LogP contribution in [0.5, 0.6) is 0 Å².